The molecular weight excluding hydrogens is 1300 g/mol. The number of phenols is 2. The van der Waals surface area contributed by atoms with Gasteiger partial charge in [-0.25, -0.2) is 28.5 Å². The Morgan fingerprint density at radius 1 is 0.406 bits per heavy atom. The number of fused-ring (bicyclic) bond motifs is 6. The van der Waals surface area contributed by atoms with Gasteiger partial charge in [-0.05, 0) is 253 Å². The number of rotatable bonds is 3. The number of phenolic OH excluding ortho intramolecular Hbond substituents is 2. The van der Waals surface area contributed by atoms with Gasteiger partial charge in [-0.2, -0.15) is 14.8 Å². The maximum atomic E-state index is 11.0. The summed E-state index contributed by atoms with van der Waals surface area (Å²) in [5.41, 5.74) is 30.8. The lowest BCUT2D eigenvalue weighted by molar-refractivity contribution is -0.115. The van der Waals surface area contributed by atoms with Crippen LogP contribution < -0.4 is 16.0 Å². The molecule has 12 aromatic heterocycles. The number of nitrogens with one attached hydrogen (secondary N) is 9. The summed E-state index contributed by atoms with van der Waals surface area (Å²) in [7, 11) is 0. The highest BCUT2D eigenvalue weighted by Crippen LogP contribution is 2.37. The van der Waals surface area contributed by atoms with Crippen LogP contribution in [0.15, 0.2) is 12.1 Å². The summed E-state index contributed by atoms with van der Waals surface area (Å²) in [6, 6.07) is 3.31. The summed E-state index contributed by atoms with van der Waals surface area (Å²) in [6.45, 7) is 56.7. The third kappa shape index (κ3) is 16.2. The Bertz CT molecular complexity index is 5140. The summed E-state index contributed by atoms with van der Waals surface area (Å²) >= 11 is 5.87. The van der Waals surface area contributed by atoms with Crippen molar-refractivity contribution in [2.24, 2.45) is 0 Å². The molecule has 12 heterocycles. The quantitative estimate of drug-likeness (QED) is 0.0734. The molecule has 14 aromatic rings. The molecule has 29 heteroatoms. The van der Waals surface area contributed by atoms with E-state index in [1.54, 1.807) is 30.6 Å². The number of aromatic hydroxyl groups is 2. The molecule has 0 aliphatic carbocycles. The van der Waals surface area contributed by atoms with Crippen LogP contribution in [0.2, 0.25) is 5.02 Å². The average molecular weight is 1400 g/mol. The van der Waals surface area contributed by atoms with Gasteiger partial charge in [0.1, 0.15) is 52.0 Å². The molecule has 0 saturated heterocycles. The number of H-pyrrole nitrogens is 6. The van der Waals surface area contributed by atoms with Crippen molar-refractivity contribution >= 4 is 80.3 Å². The van der Waals surface area contributed by atoms with E-state index < -0.39 is 0 Å². The minimum atomic E-state index is -0.258. The number of benzene rings is 2. The third-order valence-corrected chi connectivity index (χ3v) is 19.2. The first kappa shape index (κ1) is 77.5. The Morgan fingerprint density at radius 3 is 1.24 bits per heavy atom. The van der Waals surface area contributed by atoms with Crippen molar-refractivity contribution in [1.29, 1.82) is 0 Å². The van der Waals surface area contributed by atoms with Crippen LogP contribution in [0.1, 0.15) is 168 Å². The molecule has 101 heavy (non-hydrogen) atoms. The van der Waals surface area contributed by atoms with Gasteiger partial charge in [0.25, 0.3) is 0 Å². The summed E-state index contributed by atoms with van der Waals surface area (Å²) in [5.74, 6) is 4.88. The minimum absolute atomic E-state index is 0.0328. The number of nitrogens with zero attached hydrogens (tertiary/aromatic N) is 14. The summed E-state index contributed by atoms with van der Waals surface area (Å²) in [5, 5.41) is 66.6. The molecule has 0 spiro atoms. The van der Waals surface area contributed by atoms with Gasteiger partial charge in [-0.15, -0.1) is 15.3 Å². The van der Waals surface area contributed by atoms with E-state index in [-0.39, 0.29) is 34.2 Å². The van der Waals surface area contributed by atoms with Crippen molar-refractivity contribution in [1.82, 2.24) is 98.0 Å². The van der Waals surface area contributed by atoms with E-state index in [1.807, 2.05) is 96.6 Å². The molecular formula is C72H100ClN23O5. The zero-order valence-electron chi connectivity index (χ0n) is 63.9. The van der Waals surface area contributed by atoms with Gasteiger partial charge >= 0.3 is 0 Å². The van der Waals surface area contributed by atoms with E-state index in [0.29, 0.717) is 22.6 Å². The summed E-state index contributed by atoms with van der Waals surface area (Å²) in [4.78, 5) is 45.9. The van der Waals surface area contributed by atoms with Gasteiger partial charge in [0, 0.05) is 71.6 Å². The fraction of sp³-hybridized carbons (Fsp3) is 0.403. The van der Waals surface area contributed by atoms with Crippen molar-refractivity contribution in [2.75, 3.05) is 16.0 Å². The first-order valence-corrected chi connectivity index (χ1v) is 33.4. The second kappa shape index (κ2) is 31.1. The van der Waals surface area contributed by atoms with Crippen molar-refractivity contribution in [3.05, 3.63) is 164 Å². The molecule has 0 saturated carbocycles. The summed E-state index contributed by atoms with van der Waals surface area (Å²) < 4.78 is 12.0. The van der Waals surface area contributed by atoms with Crippen molar-refractivity contribution in [3.63, 3.8) is 0 Å². The zero-order valence-corrected chi connectivity index (χ0v) is 64.7. The van der Waals surface area contributed by atoms with E-state index in [9.17, 15) is 24.6 Å². The number of aromatic amines is 6. The molecule has 0 unspecified atom stereocenters. The number of hydrogen-bond acceptors (Lipinski definition) is 13. The van der Waals surface area contributed by atoms with Crippen LogP contribution in [-0.4, -0.2) is 126 Å². The van der Waals surface area contributed by atoms with E-state index >= 15 is 0 Å². The van der Waals surface area contributed by atoms with Crippen LogP contribution in [0.3, 0.4) is 0 Å². The maximum absolute atomic E-state index is 11.0. The van der Waals surface area contributed by atoms with Gasteiger partial charge in [-0.3, -0.25) is 53.8 Å². The van der Waals surface area contributed by atoms with Gasteiger partial charge in [0.05, 0.1) is 22.1 Å². The van der Waals surface area contributed by atoms with Crippen LogP contribution >= 0.6 is 11.6 Å². The molecule has 14 rings (SSSR count). The Kier molecular flexibility index (Phi) is 23.9. The highest BCUT2D eigenvalue weighted by Gasteiger charge is 2.18. The predicted octanol–water partition coefficient (Wildman–Crippen LogP) is 14.1. The van der Waals surface area contributed by atoms with E-state index in [4.69, 9.17) is 11.6 Å². The molecule has 28 nitrogen and oxygen atoms in total. The van der Waals surface area contributed by atoms with E-state index in [0.717, 1.165) is 96.9 Å². The van der Waals surface area contributed by atoms with Crippen LogP contribution in [0.5, 0.6) is 11.5 Å². The number of anilines is 3. The second-order valence-electron chi connectivity index (χ2n) is 25.9. The predicted molar refractivity (Wildman–Crippen MR) is 400 cm³/mol. The van der Waals surface area contributed by atoms with Crippen LogP contribution in [0, 0.1) is 180 Å². The molecule has 540 valence electrons. The van der Waals surface area contributed by atoms with Crippen LogP contribution in [0.4, 0.5) is 17.1 Å². The van der Waals surface area contributed by atoms with Crippen molar-refractivity contribution in [3.8, 4) is 11.5 Å². The molecule has 0 radical (unpaired) electrons. The first-order valence-electron chi connectivity index (χ1n) is 33.0. The average Bonchev–Trinajstić information content (AvgIpc) is 1.68. The molecule has 3 amide bonds. The number of amides is 3. The Labute approximate surface area is 592 Å². The van der Waals surface area contributed by atoms with Gasteiger partial charge < -0.3 is 26.2 Å². The van der Waals surface area contributed by atoms with Crippen molar-refractivity contribution in [2.45, 2.75) is 201 Å². The van der Waals surface area contributed by atoms with E-state index in [1.165, 1.54) is 99.2 Å². The van der Waals surface area contributed by atoms with Gasteiger partial charge in [0.15, 0.2) is 28.3 Å². The summed E-state index contributed by atoms with van der Waals surface area (Å²) in [6.07, 6.45) is 0. The van der Waals surface area contributed by atoms with Gasteiger partial charge in [-0.1, -0.05) is 11.6 Å². The van der Waals surface area contributed by atoms with E-state index in [2.05, 4.69) is 179 Å². The number of carbonyl (C=O) groups is 3. The monoisotopic (exact) mass is 1400 g/mol. The fourth-order valence-corrected chi connectivity index (χ4v) is 11.8. The molecule has 11 N–H and O–H groups in total. The molecule has 0 atom stereocenters. The number of aromatic nitrogens is 20. The number of carbonyl (C=O) groups excluding carboxylic acids is 3. The number of hydrogen-bond donors (Lipinski definition) is 11. The lowest BCUT2D eigenvalue weighted by atomic mass is 10.1. The lowest BCUT2D eigenvalue weighted by Gasteiger charge is -2.15. The molecule has 2 aromatic carbocycles. The number of halogens is 1. The standard InChI is InChI=1S/C12H16N2O3.C10H12ClNO2.4C9H13N3.2C7H10N4/c1-6-5-10(13-8(3)15)12(17)7(2)11(6)14-9(4)16;1-5-4-8(12-7(3)13)10(14)9(11)6(5)2;2*1-5-6(2)9-11-10-8(4)12(9)7(5)3;2*1-5-6(2)9-10-8(4)11-12(9)7(5)3;1-4-5(2)10-11-6(3)8-9-7(4)11;1-4-5(2)9-11-7(4)8-6(3)10-11/h5,17H,1-4H3,(H,13,15)(H,14,16);4,14H,1-3H3,(H,12,13);2*11H,1-4H3;2*1-4H3,(H,10,11);10H,1-3H3;9H,1-3H3. The van der Waals surface area contributed by atoms with Crippen molar-refractivity contribution < 1.29 is 24.6 Å². The highest BCUT2D eigenvalue weighted by molar-refractivity contribution is 6.33. The molecule has 0 bridgehead atoms. The molecule has 0 fully saturated rings. The third-order valence-electron chi connectivity index (χ3n) is 18.7. The maximum Gasteiger partial charge on any atom is 0.221 e. The molecule has 0 aliphatic rings. The Morgan fingerprint density at radius 2 is 0.822 bits per heavy atom. The second-order valence-corrected chi connectivity index (χ2v) is 26.3. The fourth-order valence-electron chi connectivity index (χ4n) is 11.5. The smallest absolute Gasteiger partial charge is 0.221 e. The minimum Gasteiger partial charge on any atom is -0.505 e. The normalized spacial score (nSPS) is 10.9. The van der Waals surface area contributed by atoms with Crippen LogP contribution in [0.25, 0.3) is 33.9 Å². The van der Waals surface area contributed by atoms with Crippen LogP contribution in [-0.2, 0) is 14.4 Å². The number of aryl methyl sites for hydroxylation is 20. The highest BCUT2D eigenvalue weighted by atomic mass is 35.5. The lowest BCUT2D eigenvalue weighted by Crippen LogP contribution is -2.11. The molecule has 0 aliphatic heterocycles. The largest absolute Gasteiger partial charge is 0.505 e. The Balaban J connectivity index is 0.000000162. The first-order chi connectivity index (χ1) is 47.1. The Hall–Kier alpha value is -10.9. The zero-order chi connectivity index (χ0) is 75.6. The van der Waals surface area contributed by atoms with Gasteiger partial charge in [0.2, 0.25) is 17.7 Å². The topological polar surface area (TPSA) is 352 Å². The SMILES string of the molecule is CC(=O)Nc1cc(C)c(C)c(Cl)c1O.CC(=O)Nc1cc(C)c(NC(C)=O)c(C)c1O.Cc1[nH]n2c(C)nnc2c1C.Cc1c(C)c2[nH]nc(C)n2c1C.Cc1c(C)c2[nH]nc(C)n2c1C.Cc1nc2c(C)c(C)[nH]n2n1.Cc1nc2c(C)c(C)c(C)n2[nH]1.Cc1nc2c(C)c(C)c(C)n2[nH]1.